The zero-order valence-electron chi connectivity index (χ0n) is 24.7. The van der Waals surface area contributed by atoms with Gasteiger partial charge in [0.1, 0.15) is 17.2 Å². The summed E-state index contributed by atoms with van der Waals surface area (Å²) in [4.78, 5) is 39.5. The van der Waals surface area contributed by atoms with Crippen LogP contribution in [0.3, 0.4) is 0 Å². The van der Waals surface area contributed by atoms with Crippen molar-refractivity contribution in [2.24, 2.45) is 5.92 Å². The summed E-state index contributed by atoms with van der Waals surface area (Å²) in [7, 11) is 3.44. The quantitative estimate of drug-likeness (QED) is 0.430. The molecule has 0 unspecified atom stereocenters. The number of carbonyl (C=O) groups is 2. The molecule has 2 aliphatic rings. The van der Waals surface area contributed by atoms with Crippen molar-refractivity contribution in [3.05, 3.63) is 63.7 Å². The van der Waals surface area contributed by atoms with E-state index < -0.39 is 17.8 Å². The second-order valence-electron chi connectivity index (χ2n) is 11.6. The first-order valence-electron chi connectivity index (χ1n) is 14.8. The Hall–Kier alpha value is -3.30. The summed E-state index contributed by atoms with van der Waals surface area (Å²) in [5.41, 5.74) is 2.46. The van der Waals surface area contributed by atoms with E-state index in [4.69, 9.17) is 21.6 Å². The third-order valence-corrected chi connectivity index (χ3v) is 9.04. The Kier molecular flexibility index (Phi) is 8.99. The number of hydrogen-bond donors (Lipinski definition) is 1. The second-order valence-corrected chi connectivity index (χ2v) is 12.0. The van der Waals surface area contributed by atoms with Crippen molar-refractivity contribution in [1.29, 1.82) is 0 Å². The Morgan fingerprint density at radius 1 is 1.14 bits per heavy atom. The Labute approximate surface area is 251 Å². The molecule has 3 atom stereocenters. The number of aromatic nitrogens is 2. The van der Waals surface area contributed by atoms with Gasteiger partial charge in [0.2, 0.25) is 11.8 Å². The number of nitrogens with zero attached hydrogens (tertiary/aromatic N) is 5. The fourth-order valence-corrected chi connectivity index (χ4v) is 6.56. The lowest BCUT2D eigenvalue weighted by Gasteiger charge is -2.37. The Bertz CT molecular complexity index is 1490. The van der Waals surface area contributed by atoms with Gasteiger partial charge in [0.05, 0.1) is 6.10 Å². The molecule has 8 nitrogen and oxygen atoms in total. The molecular formula is C32H39ClFN5O3. The highest BCUT2D eigenvalue weighted by Crippen LogP contribution is 2.46. The van der Waals surface area contributed by atoms with Crippen molar-refractivity contribution < 1.29 is 19.1 Å². The van der Waals surface area contributed by atoms with Crippen LogP contribution >= 0.6 is 11.6 Å². The van der Waals surface area contributed by atoms with Gasteiger partial charge < -0.3 is 19.8 Å². The molecule has 1 aliphatic carbocycles. The van der Waals surface area contributed by atoms with Gasteiger partial charge in [-0.1, -0.05) is 49.7 Å². The number of carbonyl (C=O) groups excluding carboxylic acids is 2. The molecule has 0 radical (unpaired) electrons. The minimum absolute atomic E-state index is 0.0106. The predicted molar refractivity (Wildman–Crippen MR) is 162 cm³/mol. The minimum Gasteiger partial charge on any atom is -0.392 e. The number of anilines is 1. The first-order valence-corrected chi connectivity index (χ1v) is 15.2. The van der Waals surface area contributed by atoms with Gasteiger partial charge in [0.15, 0.2) is 5.82 Å². The lowest BCUT2D eigenvalue weighted by Crippen LogP contribution is -2.49. The van der Waals surface area contributed by atoms with Crippen LogP contribution in [0.25, 0.3) is 10.9 Å². The van der Waals surface area contributed by atoms with Crippen LogP contribution in [0.15, 0.2) is 30.3 Å². The zero-order chi connectivity index (χ0) is 30.1. The summed E-state index contributed by atoms with van der Waals surface area (Å²) in [6.45, 7) is 5.99. The minimum atomic E-state index is -0.635. The van der Waals surface area contributed by atoms with Crippen molar-refractivity contribution >= 4 is 40.1 Å². The zero-order valence-corrected chi connectivity index (χ0v) is 25.5. The van der Waals surface area contributed by atoms with Gasteiger partial charge in [-0.05, 0) is 36.0 Å². The molecule has 0 spiro atoms. The van der Waals surface area contributed by atoms with Gasteiger partial charge in [-0.25, -0.2) is 14.4 Å². The number of aryl methyl sites for hydroxylation is 1. The Morgan fingerprint density at radius 3 is 2.55 bits per heavy atom. The number of halogens is 2. The number of aliphatic hydroxyl groups excluding tert-OH is 1. The van der Waals surface area contributed by atoms with Crippen LogP contribution in [0.4, 0.5) is 10.2 Å². The molecule has 2 heterocycles. The third kappa shape index (κ3) is 5.81. The summed E-state index contributed by atoms with van der Waals surface area (Å²) < 4.78 is 16.8. The lowest BCUT2D eigenvalue weighted by atomic mass is 9.71. The van der Waals surface area contributed by atoms with Crippen LogP contribution in [0.5, 0.6) is 0 Å². The molecule has 1 saturated heterocycles. The SMILES string of the molecule is CCC(=O)N1CCN(c2nc(CCCC(=O)N(C)C)nc3c(F)c([C@@H]4c5ccccc5C[C@H](O)[C@@H]4C)c(Cl)cc23)CC1. The molecule has 3 aromatic rings. The molecule has 1 N–H and O–H groups in total. The molecule has 0 saturated carbocycles. The maximum atomic E-state index is 16.8. The highest BCUT2D eigenvalue weighted by molar-refractivity contribution is 6.32. The predicted octanol–water partition coefficient (Wildman–Crippen LogP) is 4.58. The van der Waals surface area contributed by atoms with E-state index >= 15 is 4.39 Å². The smallest absolute Gasteiger partial charge is 0.222 e. The van der Waals surface area contributed by atoms with Crippen LogP contribution in [0.1, 0.15) is 61.5 Å². The van der Waals surface area contributed by atoms with Crippen LogP contribution in [-0.4, -0.2) is 83.1 Å². The largest absolute Gasteiger partial charge is 0.392 e. The third-order valence-electron chi connectivity index (χ3n) is 8.73. The maximum Gasteiger partial charge on any atom is 0.222 e. The van der Waals surface area contributed by atoms with Crippen LogP contribution in [-0.2, 0) is 22.4 Å². The topological polar surface area (TPSA) is 89.9 Å². The molecule has 1 fully saturated rings. The lowest BCUT2D eigenvalue weighted by molar-refractivity contribution is -0.131. The molecule has 2 amide bonds. The molecule has 42 heavy (non-hydrogen) atoms. The fourth-order valence-electron chi connectivity index (χ4n) is 6.25. The molecule has 2 aromatic carbocycles. The highest BCUT2D eigenvalue weighted by Gasteiger charge is 2.37. The summed E-state index contributed by atoms with van der Waals surface area (Å²) >= 11 is 6.91. The van der Waals surface area contributed by atoms with Gasteiger partial charge in [-0.2, -0.15) is 0 Å². The van der Waals surface area contributed by atoms with Crippen molar-refractivity contribution in [1.82, 2.24) is 19.8 Å². The number of rotatable bonds is 7. The van der Waals surface area contributed by atoms with Crippen molar-refractivity contribution in [2.75, 3.05) is 45.2 Å². The molecule has 1 aliphatic heterocycles. The van der Waals surface area contributed by atoms with Gasteiger partial charge in [-0.3, -0.25) is 9.59 Å². The van der Waals surface area contributed by atoms with Gasteiger partial charge >= 0.3 is 0 Å². The van der Waals surface area contributed by atoms with E-state index in [9.17, 15) is 14.7 Å². The van der Waals surface area contributed by atoms with Gasteiger partial charge in [0, 0.05) is 81.4 Å². The molecule has 224 valence electrons. The summed E-state index contributed by atoms with van der Waals surface area (Å²) in [6, 6.07) is 9.57. The molecule has 0 bridgehead atoms. The first kappa shape index (κ1) is 30.2. The average molecular weight is 596 g/mol. The van der Waals surface area contributed by atoms with Crippen LogP contribution in [0, 0.1) is 11.7 Å². The number of benzene rings is 2. The Balaban J connectivity index is 1.60. The van der Waals surface area contributed by atoms with Gasteiger partial charge in [-0.15, -0.1) is 0 Å². The van der Waals surface area contributed by atoms with E-state index in [1.165, 1.54) is 0 Å². The van der Waals surface area contributed by atoms with E-state index in [0.29, 0.717) is 80.9 Å². The summed E-state index contributed by atoms with van der Waals surface area (Å²) in [6.07, 6.45) is 1.61. The van der Waals surface area contributed by atoms with Crippen LogP contribution < -0.4 is 4.90 Å². The Morgan fingerprint density at radius 2 is 1.86 bits per heavy atom. The van der Waals surface area contributed by atoms with E-state index in [0.717, 1.165) is 11.1 Å². The molecule has 5 rings (SSSR count). The van der Waals surface area contributed by atoms with E-state index in [2.05, 4.69) is 4.90 Å². The van der Waals surface area contributed by atoms with E-state index in [-0.39, 0.29) is 28.3 Å². The van der Waals surface area contributed by atoms with E-state index in [1.807, 2.05) is 43.0 Å². The first-order chi connectivity index (χ1) is 20.1. The van der Waals surface area contributed by atoms with Crippen LogP contribution in [0.2, 0.25) is 5.02 Å². The van der Waals surface area contributed by atoms with Gasteiger partial charge in [0.25, 0.3) is 0 Å². The normalized spacial score (nSPS) is 20.5. The number of piperazine rings is 1. The highest BCUT2D eigenvalue weighted by atomic mass is 35.5. The summed E-state index contributed by atoms with van der Waals surface area (Å²) in [5.74, 6) is -0.0427. The van der Waals surface area contributed by atoms with Crippen molar-refractivity contribution in [2.45, 2.75) is 58.0 Å². The monoisotopic (exact) mass is 595 g/mol. The van der Waals surface area contributed by atoms with E-state index in [1.54, 1.807) is 25.1 Å². The molecular weight excluding hydrogens is 557 g/mol. The molecule has 1 aromatic heterocycles. The van der Waals surface area contributed by atoms with Crippen molar-refractivity contribution in [3.8, 4) is 0 Å². The number of fused-ring (bicyclic) bond motifs is 2. The van der Waals surface area contributed by atoms with Crippen molar-refractivity contribution in [3.63, 3.8) is 0 Å². The second kappa shape index (κ2) is 12.5. The number of hydrogen-bond acceptors (Lipinski definition) is 6. The summed E-state index contributed by atoms with van der Waals surface area (Å²) in [5, 5.41) is 11.7. The standard InChI is InChI=1S/C32H39ClFN5O3/c1-5-26(41)38-13-15-39(16-14-38)32-22-18-23(33)29(28-19(2)24(40)17-20-9-6-7-10-21(20)28)30(34)31(22)35-25(36-32)11-8-12-27(42)37(3)4/h6-7,9-10,18-19,24,28,40H,5,8,11-17H2,1-4H3/t19-,24-,28-/m0/s1. The average Bonchev–Trinajstić information content (AvgIpc) is 2.98. The maximum absolute atomic E-state index is 16.8. The fraction of sp³-hybridized carbons (Fsp3) is 0.500. The number of aliphatic hydroxyl groups is 1. The molecule has 10 heteroatoms. The number of amides is 2.